The monoisotopic (exact) mass is 374 g/mol. The smallest absolute Gasteiger partial charge is 0.340 e. The van der Waals surface area contributed by atoms with Crippen LogP contribution in [0, 0.1) is 0 Å². The average molecular weight is 376 g/mol. The third-order valence-electron chi connectivity index (χ3n) is 2.37. The van der Waals surface area contributed by atoms with Gasteiger partial charge in [0, 0.05) is 17.3 Å². The molecule has 0 aromatic heterocycles. The van der Waals surface area contributed by atoms with Crippen molar-refractivity contribution in [1.82, 2.24) is 0 Å². The molecule has 1 aromatic rings. The van der Waals surface area contributed by atoms with Crippen molar-refractivity contribution in [3.8, 4) is 0 Å². The molecule has 0 spiro atoms. The van der Waals surface area contributed by atoms with E-state index >= 15 is 0 Å². The van der Waals surface area contributed by atoms with E-state index in [4.69, 9.17) is 43.4 Å². The van der Waals surface area contributed by atoms with Crippen molar-refractivity contribution >= 4 is 48.9 Å². The topological polar surface area (TPSA) is 69.7 Å². The van der Waals surface area contributed by atoms with E-state index < -0.39 is 21.1 Å². The molecule has 1 rings (SSSR count). The number of ether oxygens (including phenoxy) is 2. The highest BCUT2D eigenvalue weighted by molar-refractivity contribution is 8.13. The Hall–Kier alpha value is -0.530. The summed E-state index contributed by atoms with van der Waals surface area (Å²) in [6.07, 6.45) is -0.524. The number of carbonyl (C=O) groups is 1. The molecule has 0 N–H and O–H groups in total. The van der Waals surface area contributed by atoms with Gasteiger partial charge in [-0.25, -0.2) is 13.2 Å². The minimum absolute atomic E-state index is 0.102. The predicted octanol–water partition coefficient (Wildman–Crippen LogP) is 3.50. The highest BCUT2D eigenvalue weighted by Crippen LogP contribution is 2.31. The summed E-state index contributed by atoms with van der Waals surface area (Å²) in [6, 6.07) is 2.08. The van der Waals surface area contributed by atoms with Crippen molar-refractivity contribution in [3.05, 3.63) is 27.7 Å². The fraction of sp³-hybridized carbons (Fsp3) is 0.417. The fourth-order valence-electron chi connectivity index (χ4n) is 1.42. The van der Waals surface area contributed by atoms with E-state index in [1.165, 1.54) is 0 Å². The predicted molar refractivity (Wildman–Crippen MR) is 80.9 cm³/mol. The standard InChI is InChI=1S/C12H13Cl3O5S/c1-3-19-6-7(2)20-12(16)9-4-8(21(15,17)18)5-10(13)11(9)14/h4-5,7H,3,6H2,1-2H3. The summed E-state index contributed by atoms with van der Waals surface area (Å²) in [6.45, 7) is 4.13. The zero-order valence-electron chi connectivity index (χ0n) is 11.2. The Labute approximate surface area is 137 Å². The first-order valence-corrected chi connectivity index (χ1v) is 8.95. The largest absolute Gasteiger partial charge is 0.457 e. The van der Waals surface area contributed by atoms with Crippen molar-refractivity contribution < 1.29 is 22.7 Å². The molecule has 0 aliphatic carbocycles. The highest BCUT2D eigenvalue weighted by Gasteiger charge is 2.22. The maximum atomic E-state index is 12.0. The normalized spacial score (nSPS) is 13.0. The Morgan fingerprint density at radius 1 is 1.33 bits per heavy atom. The molecule has 118 valence electrons. The van der Waals surface area contributed by atoms with Gasteiger partial charge in [0.25, 0.3) is 9.05 Å². The first-order valence-electron chi connectivity index (χ1n) is 5.89. The van der Waals surface area contributed by atoms with Crippen molar-refractivity contribution in [2.75, 3.05) is 13.2 Å². The molecule has 21 heavy (non-hydrogen) atoms. The van der Waals surface area contributed by atoms with E-state index in [2.05, 4.69) is 0 Å². The van der Waals surface area contributed by atoms with Crippen molar-refractivity contribution in [3.63, 3.8) is 0 Å². The van der Waals surface area contributed by atoms with Gasteiger partial charge in [-0.2, -0.15) is 0 Å². The number of carbonyl (C=O) groups excluding carboxylic acids is 1. The number of benzene rings is 1. The maximum absolute atomic E-state index is 12.0. The fourth-order valence-corrected chi connectivity index (χ4v) is 2.67. The second-order valence-corrected chi connectivity index (χ2v) is 7.43. The van der Waals surface area contributed by atoms with Gasteiger partial charge >= 0.3 is 5.97 Å². The van der Waals surface area contributed by atoms with E-state index in [9.17, 15) is 13.2 Å². The van der Waals surface area contributed by atoms with Gasteiger partial charge in [0.15, 0.2) is 0 Å². The first kappa shape index (κ1) is 18.5. The Balaban J connectivity index is 3.06. The van der Waals surface area contributed by atoms with Gasteiger partial charge < -0.3 is 9.47 Å². The van der Waals surface area contributed by atoms with Crippen LogP contribution in [0.3, 0.4) is 0 Å². The Morgan fingerprint density at radius 3 is 2.48 bits per heavy atom. The molecule has 5 nitrogen and oxygen atoms in total. The SMILES string of the molecule is CCOCC(C)OC(=O)c1cc(S(=O)(=O)Cl)cc(Cl)c1Cl. The van der Waals surface area contributed by atoms with Crippen LogP contribution in [0.15, 0.2) is 17.0 Å². The zero-order chi connectivity index (χ0) is 16.2. The maximum Gasteiger partial charge on any atom is 0.340 e. The van der Waals surface area contributed by atoms with Crippen LogP contribution in [-0.2, 0) is 18.5 Å². The molecule has 1 unspecified atom stereocenters. The number of rotatable bonds is 6. The molecule has 1 atom stereocenters. The molecule has 0 amide bonds. The van der Waals surface area contributed by atoms with Gasteiger partial charge in [0.1, 0.15) is 6.10 Å². The Bertz CT molecular complexity index is 630. The highest BCUT2D eigenvalue weighted by atomic mass is 35.7. The molecule has 0 saturated heterocycles. The number of halogens is 3. The lowest BCUT2D eigenvalue weighted by Gasteiger charge is -2.14. The van der Waals surface area contributed by atoms with Crippen molar-refractivity contribution in [2.24, 2.45) is 0 Å². The number of hydrogen-bond acceptors (Lipinski definition) is 5. The lowest BCUT2D eigenvalue weighted by Crippen LogP contribution is -2.21. The summed E-state index contributed by atoms with van der Waals surface area (Å²) < 4.78 is 32.9. The van der Waals surface area contributed by atoms with Crippen LogP contribution in [0.5, 0.6) is 0 Å². The van der Waals surface area contributed by atoms with Gasteiger partial charge in [0.05, 0.1) is 27.1 Å². The van der Waals surface area contributed by atoms with Crippen LogP contribution in [0.25, 0.3) is 0 Å². The van der Waals surface area contributed by atoms with Crippen LogP contribution in [0.4, 0.5) is 0 Å². The summed E-state index contributed by atoms with van der Waals surface area (Å²) in [4.78, 5) is 11.7. The number of hydrogen-bond donors (Lipinski definition) is 0. The van der Waals surface area contributed by atoms with E-state index in [1.54, 1.807) is 13.8 Å². The molecule has 0 radical (unpaired) electrons. The van der Waals surface area contributed by atoms with E-state index in [1.807, 2.05) is 0 Å². The third kappa shape index (κ3) is 5.30. The van der Waals surface area contributed by atoms with Gasteiger partial charge in [-0.1, -0.05) is 23.2 Å². The van der Waals surface area contributed by atoms with E-state index in [0.29, 0.717) is 6.61 Å². The summed E-state index contributed by atoms with van der Waals surface area (Å²) >= 11 is 11.7. The van der Waals surface area contributed by atoms with Crippen molar-refractivity contribution in [2.45, 2.75) is 24.8 Å². The quantitative estimate of drug-likeness (QED) is 0.562. The second kappa shape index (κ2) is 7.65. The van der Waals surface area contributed by atoms with E-state index in [-0.39, 0.29) is 27.1 Å². The molecule has 1 aromatic carbocycles. The molecule has 0 heterocycles. The molecule has 0 fully saturated rings. The molecule has 9 heteroatoms. The zero-order valence-corrected chi connectivity index (χ0v) is 14.3. The molecule has 0 bridgehead atoms. The summed E-state index contributed by atoms with van der Waals surface area (Å²) in [5, 5.41) is -0.211. The van der Waals surface area contributed by atoms with E-state index in [0.717, 1.165) is 12.1 Å². The molecule has 0 saturated carbocycles. The van der Waals surface area contributed by atoms with Gasteiger partial charge in [-0.15, -0.1) is 0 Å². The lowest BCUT2D eigenvalue weighted by atomic mass is 10.2. The van der Waals surface area contributed by atoms with Crippen LogP contribution in [0.2, 0.25) is 10.0 Å². The lowest BCUT2D eigenvalue weighted by molar-refractivity contribution is 0.00439. The van der Waals surface area contributed by atoms with Crippen molar-refractivity contribution in [1.29, 1.82) is 0 Å². The Kier molecular flexibility index (Phi) is 6.74. The number of esters is 1. The molecule has 0 aliphatic heterocycles. The third-order valence-corrected chi connectivity index (χ3v) is 4.50. The van der Waals surface area contributed by atoms with Crippen LogP contribution < -0.4 is 0 Å². The van der Waals surface area contributed by atoms with Crippen LogP contribution in [0.1, 0.15) is 24.2 Å². The summed E-state index contributed by atoms with van der Waals surface area (Å²) in [7, 11) is 1.19. The van der Waals surface area contributed by atoms with Gasteiger partial charge in [0.2, 0.25) is 0 Å². The average Bonchev–Trinajstić information content (AvgIpc) is 2.37. The first-order chi connectivity index (χ1) is 9.66. The van der Waals surface area contributed by atoms with Crippen LogP contribution in [-0.4, -0.2) is 33.7 Å². The molecular formula is C12H13Cl3O5S. The van der Waals surface area contributed by atoms with Gasteiger partial charge in [-0.3, -0.25) is 0 Å². The molecule has 0 aliphatic rings. The summed E-state index contributed by atoms with van der Waals surface area (Å²) in [5.41, 5.74) is -0.174. The molecular weight excluding hydrogens is 363 g/mol. The van der Waals surface area contributed by atoms with Crippen LogP contribution >= 0.6 is 33.9 Å². The Morgan fingerprint density at radius 2 is 1.95 bits per heavy atom. The minimum Gasteiger partial charge on any atom is -0.457 e. The van der Waals surface area contributed by atoms with Gasteiger partial charge in [-0.05, 0) is 26.0 Å². The minimum atomic E-state index is -4.04. The second-order valence-electron chi connectivity index (χ2n) is 4.08. The summed E-state index contributed by atoms with van der Waals surface area (Å²) in [5.74, 6) is -0.809.